The molecule has 94 valence electrons. The van der Waals surface area contributed by atoms with Gasteiger partial charge in [-0.05, 0) is 6.92 Å². The molecule has 1 aromatic carbocycles. The number of phenolic OH excluding ortho intramolecular Hbond substituents is 2. The minimum absolute atomic E-state index is 0.109. The average molecular weight is 250 g/mol. The van der Waals surface area contributed by atoms with Crippen LogP contribution in [0.4, 0.5) is 0 Å². The van der Waals surface area contributed by atoms with Crippen molar-refractivity contribution in [1.29, 1.82) is 0 Å². The Kier molecular flexibility index (Phi) is 2.50. The van der Waals surface area contributed by atoms with Crippen LogP contribution in [0.25, 0.3) is 5.76 Å². The first-order valence-corrected chi connectivity index (χ1v) is 5.02. The lowest BCUT2D eigenvalue weighted by molar-refractivity contribution is -0.111. The fourth-order valence-corrected chi connectivity index (χ4v) is 1.93. The van der Waals surface area contributed by atoms with Gasteiger partial charge in [0, 0.05) is 11.6 Å². The highest BCUT2D eigenvalue weighted by molar-refractivity contribution is 6.51. The Hall–Kier alpha value is -2.50. The highest BCUT2D eigenvalue weighted by Crippen LogP contribution is 2.46. The Labute approximate surface area is 102 Å². The predicted octanol–water partition coefficient (Wildman–Crippen LogP) is 1.08. The number of Topliss-reactive ketones (excluding diaryl/α,β-unsaturated/α-hetero) is 1. The van der Waals surface area contributed by atoms with Gasteiger partial charge in [0.15, 0.2) is 11.5 Å². The van der Waals surface area contributed by atoms with Crippen molar-refractivity contribution in [2.75, 3.05) is 7.11 Å². The number of allylic oxidation sites excluding steroid dienone is 1. The largest absolute Gasteiger partial charge is 0.507 e. The van der Waals surface area contributed by atoms with Crippen LogP contribution in [0.2, 0.25) is 0 Å². The van der Waals surface area contributed by atoms with Gasteiger partial charge in [0.25, 0.3) is 0 Å². The fraction of sp³-hybridized carbons (Fsp3) is 0.167. The van der Waals surface area contributed by atoms with Gasteiger partial charge in [0.2, 0.25) is 11.6 Å². The Morgan fingerprint density at radius 3 is 2.22 bits per heavy atom. The minimum Gasteiger partial charge on any atom is -0.507 e. The third kappa shape index (κ3) is 1.35. The van der Waals surface area contributed by atoms with Crippen molar-refractivity contribution in [1.82, 2.24) is 0 Å². The highest BCUT2D eigenvalue weighted by atomic mass is 16.5. The summed E-state index contributed by atoms with van der Waals surface area (Å²) in [5, 5.41) is 29.4. The summed E-state index contributed by atoms with van der Waals surface area (Å²) in [6, 6.07) is 0. The molecule has 3 N–H and O–H groups in total. The van der Waals surface area contributed by atoms with Crippen LogP contribution in [0, 0.1) is 6.92 Å². The van der Waals surface area contributed by atoms with E-state index in [9.17, 15) is 24.9 Å². The second-order valence-corrected chi connectivity index (χ2v) is 3.83. The number of hydrogen-bond donors (Lipinski definition) is 3. The van der Waals surface area contributed by atoms with Crippen LogP contribution >= 0.6 is 0 Å². The average Bonchev–Trinajstić information content (AvgIpc) is 2.31. The van der Waals surface area contributed by atoms with E-state index in [4.69, 9.17) is 4.74 Å². The lowest BCUT2D eigenvalue weighted by Gasteiger charge is -2.19. The summed E-state index contributed by atoms with van der Waals surface area (Å²) in [5.74, 6) is -3.63. The number of benzene rings is 1. The van der Waals surface area contributed by atoms with Crippen molar-refractivity contribution in [3.8, 4) is 17.2 Å². The van der Waals surface area contributed by atoms with Gasteiger partial charge < -0.3 is 20.1 Å². The van der Waals surface area contributed by atoms with Crippen molar-refractivity contribution in [2.45, 2.75) is 6.92 Å². The standard InChI is InChI=1S/C12H10O6/c1-4-9(15)7-5(13)3-6(14)10(16)8(7)11(17)12(4)18-2/h3,13,15,17H,1-2H3. The topological polar surface area (TPSA) is 104 Å². The van der Waals surface area contributed by atoms with Crippen LogP contribution in [0.3, 0.4) is 0 Å². The maximum absolute atomic E-state index is 11.7. The summed E-state index contributed by atoms with van der Waals surface area (Å²) in [6.45, 7) is 1.45. The smallest absolute Gasteiger partial charge is 0.237 e. The summed E-state index contributed by atoms with van der Waals surface area (Å²) in [5.41, 5.74) is -0.536. The Morgan fingerprint density at radius 2 is 1.67 bits per heavy atom. The zero-order chi connectivity index (χ0) is 13.6. The summed E-state index contributed by atoms with van der Waals surface area (Å²) < 4.78 is 4.87. The van der Waals surface area contributed by atoms with E-state index in [0.717, 1.165) is 0 Å². The van der Waals surface area contributed by atoms with Crippen LogP contribution in [0.15, 0.2) is 6.08 Å². The van der Waals surface area contributed by atoms with Crippen molar-refractivity contribution < 1.29 is 29.6 Å². The molecule has 0 saturated heterocycles. The molecule has 0 saturated carbocycles. The number of fused-ring (bicyclic) bond motifs is 1. The number of rotatable bonds is 1. The first-order valence-electron chi connectivity index (χ1n) is 5.02. The summed E-state index contributed by atoms with van der Waals surface area (Å²) >= 11 is 0. The number of aromatic hydroxyl groups is 2. The van der Waals surface area contributed by atoms with Gasteiger partial charge in [-0.2, -0.15) is 0 Å². The van der Waals surface area contributed by atoms with Crippen LogP contribution in [0.5, 0.6) is 17.2 Å². The van der Waals surface area contributed by atoms with E-state index in [1.807, 2.05) is 0 Å². The van der Waals surface area contributed by atoms with Gasteiger partial charge in [-0.15, -0.1) is 0 Å². The molecule has 1 aliphatic rings. The van der Waals surface area contributed by atoms with Crippen LogP contribution < -0.4 is 4.74 Å². The normalized spacial score (nSPS) is 14.2. The summed E-state index contributed by atoms with van der Waals surface area (Å²) in [7, 11) is 1.25. The van der Waals surface area contributed by atoms with E-state index in [2.05, 4.69) is 0 Å². The zero-order valence-electron chi connectivity index (χ0n) is 9.64. The molecule has 0 aromatic heterocycles. The second kappa shape index (κ2) is 3.76. The number of carbonyl (C=O) groups is 2. The Balaban J connectivity index is 2.94. The van der Waals surface area contributed by atoms with Crippen molar-refractivity contribution >= 4 is 17.3 Å². The fourth-order valence-electron chi connectivity index (χ4n) is 1.93. The molecule has 6 nitrogen and oxygen atoms in total. The minimum atomic E-state index is -1.01. The molecule has 6 heteroatoms. The molecule has 1 aromatic rings. The first kappa shape index (κ1) is 12.0. The van der Waals surface area contributed by atoms with Gasteiger partial charge in [-0.25, -0.2) is 0 Å². The monoisotopic (exact) mass is 250 g/mol. The lowest BCUT2D eigenvalue weighted by Crippen LogP contribution is -2.19. The van der Waals surface area contributed by atoms with Crippen molar-refractivity contribution in [2.24, 2.45) is 0 Å². The molecule has 0 spiro atoms. The number of ketones is 2. The number of phenols is 2. The second-order valence-electron chi connectivity index (χ2n) is 3.83. The number of hydrogen-bond acceptors (Lipinski definition) is 6. The maximum Gasteiger partial charge on any atom is 0.237 e. The SMILES string of the molecule is COc1c(C)c(O)c2c(c1O)C(=O)C(=O)C=C2O. The van der Waals surface area contributed by atoms with Gasteiger partial charge >= 0.3 is 0 Å². The number of aliphatic hydroxyl groups is 1. The molecule has 18 heavy (non-hydrogen) atoms. The number of ether oxygens (including phenoxy) is 1. The maximum atomic E-state index is 11.7. The summed E-state index contributed by atoms with van der Waals surface area (Å²) in [4.78, 5) is 23.0. The first-order chi connectivity index (χ1) is 8.40. The van der Waals surface area contributed by atoms with Gasteiger partial charge in [0.05, 0.1) is 18.2 Å². The highest BCUT2D eigenvalue weighted by Gasteiger charge is 2.34. The third-order valence-corrected chi connectivity index (χ3v) is 2.81. The zero-order valence-corrected chi connectivity index (χ0v) is 9.64. The predicted molar refractivity (Wildman–Crippen MR) is 61.0 cm³/mol. The lowest BCUT2D eigenvalue weighted by atomic mass is 9.90. The molecular weight excluding hydrogens is 240 g/mol. The van der Waals surface area contributed by atoms with E-state index < -0.39 is 34.4 Å². The van der Waals surface area contributed by atoms with Crippen molar-refractivity contribution in [3.63, 3.8) is 0 Å². The molecule has 0 radical (unpaired) electrons. The molecule has 0 fully saturated rings. The van der Waals surface area contributed by atoms with E-state index in [-0.39, 0.29) is 16.9 Å². The van der Waals surface area contributed by atoms with Crippen LogP contribution in [0.1, 0.15) is 21.5 Å². The molecule has 0 heterocycles. The number of aliphatic hydroxyl groups excluding tert-OH is 1. The molecule has 2 rings (SSSR count). The quantitative estimate of drug-likeness (QED) is 0.509. The number of methoxy groups -OCH3 is 1. The Morgan fingerprint density at radius 1 is 1.06 bits per heavy atom. The molecule has 0 unspecified atom stereocenters. The van der Waals surface area contributed by atoms with Crippen molar-refractivity contribution in [3.05, 3.63) is 22.8 Å². The summed E-state index contributed by atoms with van der Waals surface area (Å²) in [6.07, 6.45) is 0.704. The molecular formula is C12H10O6. The van der Waals surface area contributed by atoms with E-state index >= 15 is 0 Å². The molecule has 1 aliphatic carbocycles. The molecule has 0 aliphatic heterocycles. The Bertz CT molecular complexity index is 612. The number of carbonyl (C=O) groups excluding carboxylic acids is 2. The molecule has 0 amide bonds. The van der Waals surface area contributed by atoms with E-state index in [1.165, 1.54) is 14.0 Å². The van der Waals surface area contributed by atoms with E-state index in [1.54, 1.807) is 0 Å². The molecule has 0 atom stereocenters. The van der Waals surface area contributed by atoms with Crippen LogP contribution in [-0.2, 0) is 4.79 Å². The van der Waals surface area contributed by atoms with Crippen LogP contribution in [-0.4, -0.2) is 34.0 Å². The van der Waals surface area contributed by atoms with Gasteiger partial charge in [-0.3, -0.25) is 9.59 Å². The molecule has 0 bridgehead atoms. The van der Waals surface area contributed by atoms with Gasteiger partial charge in [0.1, 0.15) is 11.5 Å². The van der Waals surface area contributed by atoms with Gasteiger partial charge in [-0.1, -0.05) is 0 Å². The third-order valence-electron chi connectivity index (χ3n) is 2.81. The van der Waals surface area contributed by atoms with E-state index in [0.29, 0.717) is 6.08 Å².